The number of hydrogen-bond donors (Lipinski definition) is 3. The molecule has 4 rings (SSSR count). The van der Waals surface area contributed by atoms with Gasteiger partial charge >= 0.3 is 12.1 Å². The average molecular weight is 481 g/mol. The normalized spacial score (nSPS) is 19.6. The summed E-state index contributed by atoms with van der Waals surface area (Å²) in [6, 6.07) is 15.4. The first-order valence-electron chi connectivity index (χ1n) is 12.1. The van der Waals surface area contributed by atoms with Gasteiger partial charge in [-0.3, -0.25) is 9.59 Å². The van der Waals surface area contributed by atoms with Gasteiger partial charge in [0.15, 0.2) is 0 Å². The van der Waals surface area contributed by atoms with Crippen LogP contribution in [-0.2, 0) is 19.1 Å². The van der Waals surface area contributed by atoms with Gasteiger partial charge < -0.3 is 25.2 Å². The maximum absolute atomic E-state index is 12.8. The molecule has 1 fully saturated rings. The number of hydrogen-bond acceptors (Lipinski definition) is 5. The maximum Gasteiger partial charge on any atom is 0.407 e. The smallest absolute Gasteiger partial charge is 0.407 e. The highest BCUT2D eigenvalue weighted by Crippen LogP contribution is 2.44. The minimum atomic E-state index is -0.895. The molecule has 2 aromatic rings. The summed E-state index contributed by atoms with van der Waals surface area (Å²) in [5.74, 6) is -1.68. The molecule has 186 valence electrons. The molecule has 3 N–H and O–H groups in total. The number of nitrogens with one attached hydrogen (secondary N) is 2. The molecule has 0 bridgehead atoms. The fourth-order valence-corrected chi connectivity index (χ4v) is 4.84. The van der Waals surface area contributed by atoms with Crippen LogP contribution in [0.25, 0.3) is 11.1 Å². The number of carbonyl (C=O) groups excluding carboxylic acids is 2. The summed E-state index contributed by atoms with van der Waals surface area (Å²) in [6.07, 6.45) is -0.200. The number of benzene rings is 2. The molecule has 1 aliphatic heterocycles. The van der Waals surface area contributed by atoms with E-state index in [1.54, 1.807) is 0 Å². The zero-order valence-electron chi connectivity index (χ0n) is 20.0. The molecule has 3 atom stereocenters. The number of carboxylic acids is 1. The van der Waals surface area contributed by atoms with E-state index < -0.39 is 24.0 Å². The van der Waals surface area contributed by atoms with Gasteiger partial charge in [-0.1, -0.05) is 62.4 Å². The fraction of sp³-hybridized carbons (Fsp3) is 0.444. The number of ether oxygens (including phenoxy) is 2. The number of carboxylic acid groups (broad SMARTS) is 1. The first-order valence-corrected chi connectivity index (χ1v) is 12.1. The Morgan fingerprint density at radius 3 is 2.26 bits per heavy atom. The molecule has 1 heterocycles. The van der Waals surface area contributed by atoms with Crippen LogP contribution in [0, 0.1) is 11.8 Å². The van der Waals surface area contributed by atoms with Crippen LogP contribution in [0.4, 0.5) is 4.79 Å². The van der Waals surface area contributed by atoms with Crippen LogP contribution >= 0.6 is 0 Å². The summed E-state index contributed by atoms with van der Waals surface area (Å²) in [6.45, 7) is 4.45. The molecule has 0 aromatic heterocycles. The zero-order valence-corrected chi connectivity index (χ0v) is 20.0. The first kappa shape index (κ1) is 24.7. The molecule has 0 spiro atoms. The van der Waals surface area contributed by atoms with Crippen LogP contribution in [0.2, 0.25) is 0 Å². The van der Waals surface area contributed by atoms with Crippen molar-refractivity contribution < 1.29 is 29.0 Å². The lowest BCUT2D eigenvalue weighted by molar-refractivity contribution is -0.141. The van der Waals surface area contributed by atoms with Gasteiger partial charge in [-0.15, -0.1) is 0 Å². The minimum Gasteiger partial charge on any atom is -0.481 e. The van der Waals surface area contributed by atoms with E-state index >= 15 is 0 Å². The Kier molecular flexibility index (Phi) is 7.70. The molecule has 2 unspecified atom stereocenters. The van der Waals surface area contributed by atoms with Crippen LogP contribution < -0.4 is 10.6 Å². The second-order valence-electron chi connectivity index (χ2n) is 9.62. The largest absolute Gasteiger partial charge is 0.481 e. The molecule has 2 aromatic carbocycles. The lowest BCUT2D eigenvalue weighted by Gasteiger charge is -2.22. The molecule has 0 saturated carbocycles. The molecule has 1 saturated heterocycles. The van der Waals surface area contributed by atoms with Crippen LogP contribution in [-0.4, -0.2) is 55.0 Å². The summed E-state index contributed by atoms with van der Waals surface area (Å²) in [5, 5.41) is 14.6. The average Bonchev–Trinajstić information content (AvgIpc) is 3.44. The number of alkyl carbamates (subject to hydrolysis) is 1. The number of amides is 2. The number of aliphatic carboxylic acids is 1. The number of fused-ring (bicyclic) bond motifs is 3. The van der Waals surface area contributed by atoms with Crippen LogP contribution in [0.15, 0.2) is 48.5 Å². The van der Waals surface area contributed by atoms with Crippen molar-refractivity contribution in [2.45, 2.75) is 44.8 Å². The predicted molar refractivity (Wildman–Crippen MR) is 130 cm³/mol. The van der Waals surface area contributed by atoms with Gasteiger partial charge in [0.25, 0.3) is 0 Å². The topological polar surface area (TPSA) is 114 Å². The number of rotatable bonds is 9. The lowest BCUT2D eigenvalue weighted by Crippen LogP contribution is -2.49. The van der Waals surface area contributed by atoms with E-state index in [0.29, 0.717) is 12.8 Å². The second kappa shape index (κ2) is 10.9. The van der Waals surface area contributed by atoms with Gasteiger partial charge in [-0.2, -0.15) is 0 Å². The molecule has 1 aliphatic carbocycles. The van der Waals surface area contributed by atoms with Crippen molar-refractivity contribution in [1.29, 1.82) is 0 Å². The summed E-state index contributed by atoms with van der Waals surface area (Å²) < 4.78 is 11.1. The van der Waals surface area contributed by atoms with E-state index in [1.165, 1.54) is 0 Å². The van der Waals surface area contributed by atoms with E-state index in [2.05, 4.69) is 34.9 Å². The SMILES string of the molecule is CC(C)C[C@@H](NC(=O)OCC1c2ccccc2-c2ccccc21)C(=O)NCC1CC(C(=O)O)CO1. The highest BCUT2D eigenvalue weighted by atomic mass is 16.5. The standard InChI is InChI=1S/C27H32N2O6/c1-16(2)11-24(25(30)28-13-18-12-17(14-34-18)26(31)32)29-27(33)35-15-23-21-9-5-3-7-19(21)20-8-4-6-10-22(20)23/h3-10,16-18,23-24H,11-15H2,1-2H3,(H,28,30)(H,29,33)(H,31,32)/t17?,18?,24-/m1/s1. The quantitative estimate of drug-likeness (QED) is 0.506. The van der Waals surface area contributed by atoms with E-state index in [0.717, 1.165) is 22.3 Å². The minimum absolute atomic E-state index is 0.0628. The highest BCUT2D eigenvalue weighted by molar-refractivity contribution is 5.85. The van der Waals surface area contributed by atoms with Gasteiger partial charge in [0, 0.05) is 12.5 Å². The summed E-state index contributed by atoms with van der Waals surface area (Å²) in [7, 11) is 0. The van der Waals surface area contributed by atoms with E-state index in [9.17, 15) is 14.4 Å². The maximum atomic E-state index is 12.8. The third-order valence-electron chi connectivity index (χ3n) is 6.59. The monoisotopic (exact) mass is 480 g/mol. The molecule has 8 nitrogen and oxygen atoms in total. The Morgan fingerprint density at radius 2 is 1.69 bits per heavy atom. The Bertz CT molecular complexity index is 1040. The molecule has 35 heavy (non-hydrogen) atoms. The molecule has 8 heteroatoms. The molecular formula is C27H32N2O6. The predicted octanol–water partition coefficient (Wildman–Crippen LogP) is 3.55. The Labute approximate surface area is 205 Å². The lowest BCUT2D eigenvalue weighted by atomic mass is 9.98. The van der Waals surface area contributed by atoms with E-state index in [-0.39, 0.29) is 43.6 Å². The van der Waals surface area contributed by atoms with Crippen LogP contribution in [0.3, 0.4) is 0 Å². The summed E-state index contributed by atoms with van der Waals surface area (Å²) in [4.78, 5) is 36.6. The molecule has 2 aliphatic rings. The van der Waals surface area contributed by atoms with Crippen molar-refractivity contribution in [3.05, 3.63) is 59.7 Å². The van der Waals surface area contributed by atoms with Crippen molar-refractivity contribution in [2.75, 3.05) is 19.8 Å². The van der Waals surface area contributed by atoms with Crippen molar-refractivity contribution in [3.63, 3.8) is 0 Å². The van der Waals surface area contributed by atoms with Crippen molar-refractivity contribution >= 4 is 18.0 Å². The van der Waals surface area contributed by atoms with E-state index in [4.69, 9.17) is 14.6 Å². The highest BCUT2D eigenvalue weighted by Gasteiger charge is 2.32. The Morgan fingerprint density at radius 1 is 1.06 bits per heavy atom. The van der Waals surface area contributed by atoms with Gasteiger partial charge in [0.1, 0.15) is 12.6 Å². The van der Waals surface area contributed by atoms with Crippen molar-refractivity contribution in [3.8, 4) is 11.1 Å². The third-order valence-corrected chi connectivity index (χ3v) is 6.59. The fourth-order valence-electron chi connectivity index (χ4n) is 4.84. The Hall–Kier alpha value is -3.39. The summed E-state index contributed by atoms with van der Waals surface area (Å²) >= 11 is 0. The van der Waals surface area contributed by atoms with Gasteiger partial charge in [-0.25, -0.2) is 4.79 Å². The van der Waals surface area contributed by atoms with Gasteiger partial charge in [0.2, 0.25) is 5.91 Å². The van der Waals surface area contributed by atoms with Crippen LogP contribution in [0.1, 0.15) is 43.7 Å². The molecule has 2 amide bonds. The Balaban J connectivity index is 1.33. The molecular weight excluding hydrogens is 448 g/mol. The van der Waals surface area contributed by atoms with Gasteiger partial charge in [0.05, 0.1) is 18.6 Å². The molecule has 0 radical (unpaired) electrons. The number of carbonyl (C=O) groups is 3. The van der Waals surface area contributed by atoms with E-state index in [1.807, 2.05) is 38.1 Å². The van der Waals surface area contributed by atoms with Crippen LogP contribution in [0.5, 0.6) is 0 Å². The zero-order chi connectivity index (χ0) is 24.9. The van der Waals surface area contributed by atoms with Gasteiger partial charge in [-0.05, 0) is 41.0 Å². The third kappa shape index (κ3) is 5.82. The second-order valence-corrected chi connectivity index (χ2v) is 9.62. The van der Waals surface area contributed by atoms with Crippen molar-refractivity contribution in [1.82, 2.24) is 10.6 Å². The first-order chi connectivity index (χ1) is 16.8. The van der Waals surface area contributed by atoms with Crippen molar-refractivity contribution in [2.24, 2.45) is 11.8 Å². The summed E-state index contributed by atoms with van der Waals surface area (Å²) in [5.41, 5.74) is 4.53.